The van der Waals surface area contributed by atoms with E-state index in [-0.39, 0.29) is 11.9 Å². The van der Waals surface area contributed by atoms with Crippen LogP contribution in [0.15, 0.2) is 30.3 Å². The fourth-order valence-corrected chi connectivity index (χ4v) is 6.39. The number of hydrogen-bond acceptors (Lipinski definition) is 8. The van der Waals surface area contributed by atoms with Crippen molar-refractivity contribution in [2.75, 3.05) is 55.8 Å². The van der Waals surface area contributed by atoms with Crippen LogP contribution in [0.25, 0.3) is 10.9 Å². The van der Waals surface area contributed by atoms with Gasteiger partial charge in [0.25, 0.3) is 0 Å². The van der Waals surface area contributed by atoms with Gasteiger partial charge in [0.2, 0.25) is 5.91 Å². The number of nitrogens with zero attached hydrogens (tertiary/aromatic N) is 6. The standard InChI is InChI=1S/C27H34N6O3S/c1-27(2,3)36-26(35)33-17-20(15-24(33)25(34)32-12-13-37-18-32)30-8-10-31(11-9-30)23-14-19(16-28)29-22-7-5-4-6-21(22)23/h4-7,14,20,24H,8-13,15,17-18H2,1-3H3/t20-,24-/m0/s1. The molecule has 0 saturated carbocycles. The molecule has 0 unspecified atom stereocenters. The molecular formula is C27H34N6O3S. The summed E-state index contributed by atoms with van der Waals surface area (Å²) >= 11 is 1.75. The SMILES string of the molecule is CC(C)(C)OC(=O)N1C[C@@H](N2CCN(c3cc(C#N)nc4ccccc34)CC2)C[C@H]1C(=O)N1CCSC1. The summed E-state index contributed by atoms with van der Waals surface area (Å²) in [6.07, 6.45) is 0.210. The number of carbonyl (C=O) groups is 2. The predicted octanol–water partition coefficient (Wildman–Crippen LogP) is 3.14. The Bertz CT molecular complexity index is 1210. The molecule has 1 aromatic heterocycles. The third kappa shape index (κ3) is 5.48. The van der Waals surface area contributed by atoms with E-state index in [1.165, 1.54) is 0 Å². The average Bonchev–Trinajstić information content (AvgIpc) is 3.58. The van der Waals surface area contributed by atoms with Gasteiger partial charge in [-0.15, -0.1) is 11.8 Å². The summed E-state index contributed by atoms with van der Waals surface area (Å²) in [7, 11) is 0. The number of likely N-dealkylation sites (tertiary alicyclic amines) is 1. The molecule has 1 aromatic carbocycles. The first-order chi connectivity index (χ1) is 17.7. The minimum absolute atomic E-state index is 0.0317. The van der Waals surface area contributed by atoms with Crippen molar-refractivity contribution in [1.29, 1.82) is 5.26 Å². The fourth-order valence-electron chi connectivity index (χ4n) is 5.44. The van der Waals surface area contributed by atoms with E-state index in [1.807, 2.05) is 56.0 Å². The van der Waals surface area contributed by atoms with Crippen molar-refractivity contribution >= 4 is 40.4 Å². The van der Waals surface area contributed by atoms with E-state index in [2.05, 4.69) is 20.9 Å². The van der Waals surface area contributed by atoms with Gasteiger partial charge in [-0.3, -0.25) is 14.6 Å². The molecule has 0 spiro atoms. The second kappa shape index (κ2) is 10.4. The number of pyridine rings is 1. The Morgan fingerprint density at radius 2 is 1.89 bits per heavy atom. The van der Waals surface area contributed by atoms with Crippen molar-refractivity contribution < 1.29 is 14.3 Å². The first-order valence-corrected chi connectivity index (χ1v) is 14.0. The molecule has 0 bridgehead atoms. The van der Waals surface area contributed by atoms with Crippen molar-refractivity contribution in [3.63, 3.8) is 0 Å². The smallest absolute Gasteiger partial charge is 0.411 e. The number of carbonyl (C=O) groups excluding carboxylic acids is 2. The summed E-state index contributed by atoms with van der Waals surface area (Å²) in [6, 6.07) is 11.6. The maximum Gasteiger partial charge on any atom is 0.411 e. The number of amides is 2. The molecule has 37 heavy (non-hydrogen) atoms. The molecule has 0 aliphatic carbocycles. The summed E-state index contributed by atoms with van der Waals surface area (Å²) < 4.78 is 5.69. The van der Waals surface area contributed by atoms with Crippen molar-refractivity contribution in [2.45, 2.75) is 44.9 Å². The van der Waals surface area contributed by atoms with Gasteiger partial charge in [-0.1, -0.05) is 18.2 Å². The van der Waals surface area contributed by atoms with E-state index >= 15 is 0 Å². The number of ether oxygens (including phenoxy) is 1. The molecule has 2 atom stereocenters. The highest BCUT2D eigenvalue weighted by Gasteiger charge is 2.45. The average molecular weight is 523 g/mol. The Morgan fingerprint density at radius 3 is 2.57 bits per heavy atom. The molecule has 2 aromatic rings. The summed E-state index contributed by atoms with van der Waals surface area (Å²) in [6.45, 7) is 9.99. The molecule has 3 fully saturated rings. The summed E-state index contributed by atoms with van der Waals surface area (Å²) in [4.78, 5) is 39.2. The second-order valence-electron chi connectivity index (χ2n) is 10.9. The van der Waals surface area contributed by atoms with E-state index in [4.69, 9.17) is 4.74 Å². The molecule has 0 radical (unpaired) electrons. The Morgan fingerprint density at radius 1 is 1.14 bits per heavy atom. The Labute approximate surface area is 222 Å². The molecule has 196 valence electrons. The van der Waals surface area contributed by atoms with Crippen LogP contribution in [-0.2, 0) is 9.53 Å². The lowest BCUT2D eigenvalue weighted by atomic mass is 10.1. The molecule has 0 N–H and O–H groups in total. The predicted molar refractivity (Wildman–Crippen MR) is 144 cm³/mol. The van der Waals surface area contributed by atoms with Crippen LogP contribution >= 0.6 is 11.8 Å². The molecule has 5 rings (SSSR count). The van der Waals surface area contributed by atoms with Crippen LogP contribution in [0.3, 0.4) is 0 Å². The normalized spacial score (nSPS) is 22.9. The molecule has 3 aliphatic rings. The van der Waals surface area contributed by atoms with Crippen molar-refractivity contribution in [2.24, 2.45) is 0 Å². The fraction of sp³-hybridized carbons (Fsp3) is 0.556. The minimum Gasteiger partial charge on any atom is -0.444 e. The van der Waals surface area contributed by atoms with Gasteiger partial charge in [-0.2, -0.15) is 5.26 Å². The number of anilines is 1. The van der Waals surface area contributed by atoms with Gasteiger partial charge >= 0.3 is 6.09 Å². The van der Waals surface area contributed by atoms with E-state index in [1.54, 1.807) is 16.7 Å². The number of para-hydroxylation sites is 1. The maximum absolute atomic E-state index is 13.4. The van der Waals surface area contributed by atoms with Gasteiger partial charge in [0, 0.05) is 62.1 Å². The molecule has 2 amide bonds. The number of nitriles is 1. The monoisotopic (exact) mass is 522 g/mol. The first-order valence-electron chi connectivity index (χ1n) is 12.9. The van der Waals surface area contributed by atoms with Crippen LogP contribution in [0.2, 0.25) is 0 Å². The molecular weight excluding hydrogens is 488 g/mol. The largest absolute Gasteiger partial charge is 0.444 e. The van der Waals surface area contributed by atoms with Crippen LogP contribution in [0.5, 0.6) is 0 Å². The lowest BCUT2D eigenvalue weighted by Crippen LogP contribution is -2.51. The summed E-state index contributed by atoms with van der Waals surface area (Å²) in [5, 5.41) is 10.5. The Hall–Kier alpha value is -3.03. The van der Waals surface area contributed by atoms with Gasteiger partial charge < -0.3 is 14.5 Å². The highest BCUT2D eigenvalue weighted by molar-refractivity contribution is 7.99. The van der Waals surface area contributed by atoms with Crippen molar-refractivity contribution in [3.8, 4) is 6.07 Å². The zero-order valence-electron chi connectivity index (χ0n) is 21.7. The maximum atomic E-state index is 13.4. The second-order valence-corrected chi connectivity index (χ2v) is 11.9. The lowest BCUT2D eigenvalue weighted by molar-refractivity contribution is -0.134. The van der Waals surface area contributed by atoms with Gasteiger partial charge in [0.15, 0.2) is 0 Å². The molecule has 3 saturated heterocycles. The van der Waals surface area contributed by atoms with Gasteiger partial charge in [0.05, 0.1) is 11.4 Å². The Balaban J connectivity index is 1.30. The van der Waals surface area contributed by atoms with Crippen LogP contribution < -0.4 is 4.90 Å². The van der Waals surface area contributed by atoms with Crippen LogP contribution in [0.4, 0.5) is 10.5 Å². The zero-order valence-corrected chi connectivity index (χ0v) is 22.5. The third-order valence-corrected chi connectivity index (χ3v) is 8.20. The number of piperazine rings is 1. The summed E-state index contributed by atoms with van der Waals surface area (Å²) in [5.41, 5.74) is 1.65. The van der Waals surface area contributed by atoms with E-state index in [0.29, 0.717) is 24.5 Å². The van der Waals surface area contributed by atoms with Gasteiger partial charge in [-0.05, 0) is 39.3 Å². The van der Waals surface area contributed by atoms with Gasteiger partial charge in [0.1, 0.15) is 23.4 Å². The third-order valence-electron chi connectivity index (χ3n) is 7.24. The van der Waals surface area contributed by atoms with Crippen LogP contribution in [-0.4, -0.2) is 100 Å². The molecule has 9 nitrogen and oxygen atoms in total. The number of thioether (sulfide) groups is 1. The number of hydrogen-bond donors (Lipinski definition) is 0. The summed E-state index contributed by atoms with van der Waals surface area (Å²) in [5.74, 6) is 1.66. The zero-order chi connectivity index (χ0) is 26.2. The number of fused-ring (bicyclic) bond motifs is 1. The minimum atomic E-state index is -0.618. The highest BCUT2D eigenvalue weighted by atomic mass is 32.2. The van der Waals surface area contributed by atoms with Crippen molar-refractivity contribution in [1.82, 2.24) is 19.7 Å². The lowest BCUT2D eigenvalue weighted by Gasteiger charge is -2.39. The number of aromatic nitrogens is 1. The Kier molecular flexibility index (Phi) is 7.19. The van der Waals surface area contributed by atoms with E-state index in [9.17, 15) is 14.9 Å². The molecule has 3 aliphatic heterocycles. The molecule has 4 heterocycles. The number of benzene rings is 1. The van der Waals surface area contributed by atoms with Crippen LogP contribution in [0, 0.1) is 11.3 Å². The highest BCUT2D eigenvalue weighted by Crippen LogP contribution is 2.31. The van der Waals surface area contributed by atoms with E-state index in [0.717, 1.165) is 55.1 Å². The number of rotatable bonds is 3. The first kappa shape index (κ1) is 25.6. The van der Waals surface area contributed by atoms with E-state index < -0.39 is 17.7 Å². The molecule has 10 heteroatoms. The van der Waals surface area contributed by atoms with Crippen LogP contribution in [0.1, 0.15) is 32.9 Å². The quantitative estimate of drug-likeness (QED) is 0.607. The van der Waals surface area contributed by atoms with Crippen molar-refractivity contribution in [3.05, 3.63) is 36.0 Å². The topological polar surface area (TPSA) is 93.0 Å². The van der Waals surface area contributed by atoms with Gasteiger partial charge in [-0.25, -0.2) is 9.78 Å².